The highest BCUT2D eigenvalue weighted by Crippen LogP contribution is 2.27. The molecular weight excluding hydrogens is 450 g/mol. The molecule has 1 N–H and O–H groups in total. The maximum Gasteiger partial charge on any atom is 0.472 e. The summed E-state index contributed by atoms with van der Waals surface area (Å²) in [5, 5.41) is 1.63. The highest BCUT2D eigenvalue weighted by atomic mass is 28.4. The fraction of sp³-hybridized carbons (Fsp3) is 0.389. The lowest BCUT2D eigenvalue weighted by Crippen LogP contribution is -2.50. The molecule has 0 radical (unpaired) electrons. The third-order valence-corrected chi connectivity index (χ3v) is 4.75. The Kier molecular flexibility index (Phi) is 6.59. The lowest BCUT2D eigenvalue weighted by atomic mass is 10.0. The van der Waals surface area contributed by atoms with E-state index < -0.39 is 50.9 Å². The standard InChI is InChI=1S/C18H18F6N2O4Si/c1-31(2,3)30-14(27)12(25-15(28)17(19,20)21)8-10-9-26(16(29)18(22,23)24)13-7-5-4-6-11(10)13/h4-7,9,12H,8H2,1-3H3,(H,25,28)/t12-/m1/s1. The Morgan fingerprint density at radius 3 is 2.13 bits per heavy atom. The van der Waals surface area contributed by atoms with Crippen molar-refractivity contribution in [2.45, 2.75) is 44.5 Å². The molecule has 0 aliphatic carbocycles. The summed E-state index contributed by atoms with van der Waals surface area (Å²) in [6.07, 6.45) is -10.3. The lowest BCUT2D eigenvalue weighted by Gasteiger charge is -2.24. The highest BCUT2D eigenvalue weighted by molar-refractivity contribution is 6.71. The van der Waals surface area contributed by atoms with E-state index >= 15 is 0 Å². The largest absolute Gasteiger partial charge is 0.518 e. The number of para-hydroxylation sites is 1. The Bertz CT molecular complexity index is 1010. The number of hydrogen-bond donors (Lipinski definition) is 1. The van der Waals surface area contributed by atoms with E-state index in [0.29, 0.717) is 4.57 Å². The lowest BCUT2D eigenvalue weighted by molar-refractivity contribution is -0.175. The molecule has 0 aliphatic rings. The van der Waals surface area contributed by atoms with Gasteiger partial charge in [0.05, 0.1) is 5.52 Å². The molecular formula is C18H18F6N2O4Si. The molecule has 1 amide bonds. The van der Waals surface area contributed by atoms with E-state index in [0.717, 1.165) is 6.20 Å². The van der Waals surface area contributed by atoms with Crippen LogP contribution < -0.4 is 5.32 Å². The Morgan fingerprint density at radius 1 is 1.03 bits per heavy atom. The average molecular weight is 468 g/mol. The minimum atomic E-state index is -5.29. The van der Waals surface area contributed by atoms with Gasteiger partial charge in [-0.25, -0.2) is 0 Å². The SMILES string of the molecule is C[Si](C)(C)OC(=O)[C@@H](Cc1cn(C(=O)C(F)(F)F)c2ccccc12)NC(=O)C(F)(F)F. The molecule has 0 aliphatic heterocycles. The summed E-state index contributed by atoms with van der Waals surface area (Å²) in [5.41, 5.74) is -0.201. The normalized spacial score (nSPS) is 13.7. The molecule has 1 heterocycles. The van der Waals surface area contributed by atoms with Gasteiger partial charge in [-0.1, -0.05) is 18.2 Å². The third-order valence-electron chi connectivity index (χ3n) is 3.93. The molecule has 0 fully saturated rings. The number of carbonyl (C=O) groups excluding carboxylic acids is 3. The van der Waals surface area contributed by atoms with Gasteiger partial charge in [-0.2, -0.15) is 26.3 Å². The average Bonchev–Trinajstić information content (AvgIpc) is 2.96. The Balaban J connectivity index is 2.49. The van der Waals surface area contributed by atoms with Crippen LogP contribution in [0, 0.1) is 0 Å². The van der Waals surface area contributed by atoms with E-state index in [1.54, 1.807) is 19.6 Å². The number of amides is 1. The summed E-state index contributed by atoms with van der Waals surface area (Å²) in [4.78, 5) is 35.6. The number of halogens is 6. The molecule has 0 saturated carbocycles. The van der Waals surface area contributed by atoms with Crippen LogP contribution in [0.4, 0.5) is 26.3 Å². The zero-order chi connectivity index (χ0) is 23.8. The molecule has 0 bridgehead atoms. The Labute approximate surface area is 173 Å². The van der Waals surface area contributed by atoms with E-state index in [2.05, 4.69) is 0 Å². The maximum atomic E-state index is 12.9. The number of rotatable bonds is 5. The van der Waals surface area contributed by atoms with Crippen LogP contribution in [-0.2, 0) is 20.4 Å². The van der Waals surface area contributed by atoms with Crippen molar-refractivity contribution >= 4 is 37.0 Å². The van der Waals surface area contributed by atoms with Crippen LogP contribution in [0.1, 0.15) is 10.4 Å². The van der Waals surface area contributed by atoms with E-state index in [9.17, 15) is 40.7 Å². The molecule has 31 heavy (non-hydrogen) atoms. The molecule has 1 aromatic heterocycles. The molecule has 6 nitrogen and oxygen atoms in total. The van der Waals surface area contributed by atoms with Crippen LogP contribution in [0.5, 0.6) is 0 Å². The number of hydrogen-bond acceptors (Lipinski definition) is 4. The summed E-state index contributed by atoms with van der Waals surface area (Å²) < 4.78 is 82.4. The van der Waals surface area contributed by atoms with E-state index in [-0.39, 0.29) is 16.5 Å². The van der Waals surface area contributed by atoms with Crippen LogP contribution in [0.2, 0.25) is 19.6 Å². The van der Waals surface area contributed by atoms with E-state index in [1.165, 1.54) is 29.6 Å². The first-order valence-electron chi connectivity index (χ1n) is 8.82. The van der Waals surface area contributed by atoms with Crippen molar-refractivity contribution in [3.8, 4) is 0 Å². The van der Waals surface area contributed by atoms with Crippen molar-refractivity contribution in [2.24, 2.45) is 0 Å². The minimum Gasteiger partial charge on any atom is -0.518 e. The smallest absolute Gasteiger partial charge is 0.472 e. The summed E-state index contributed by atoms with van der Waals surface area (Å²) in [5.74, 6) is -5.77. The summed E-state index contributed by atoms with van der Waals surface area (Å²) in [6.45, 7) is 4.75. The number of nitrogens with zero attached hydrogens (tertiary/aromatic N) is 1. The first-order valence-corrected chi connectivity index (χ1v) is 12.2. The van der Waals surface area contributed by atoms with Gasteiger partial charge in [-0.3, -0.25) is 19.0 Å². The van der Waals surface area contributed by atoms with Crippen molar-refractivity contribution in [3.63, 3.8) is 0 Å². The fourth-order valence-electron chi connectivity index (χ4n) is 2.74. The van der Waals surface area contributed by atoms with Crippen LogP contribution in [0.25, 0.3) is 10.9 Å². The van der Waals surface area contributed by atoms with Gasteiger partial charge < -0.3 is 9.74 Å². The number of carbonyl (C=O) groups is 3. The van der Waals surface area contributed by atoms with Gasteiger partial charge in [-0.05, 0) is 31.3 Å². The molecule has 0 saturated heterocycles. The minimum absolute atomic E-state index is 0.0480. The molecule has 13 heteroatoms. The van der Waals surface area contributed by atoms with E-state index in [1.807, 2.05) is 0 Å². The van der Waals surface area contributed by atoms with Gasteiger partial charge in [0.1, 0.15) is 6.04 Å². The number of fused-ring (bicyclic) bond motifs is 1. The van der Waals surface area contributed by atoms with Crippen molar-refractivity contribution in [2.75, 3.05) is 0 Å². The highest BCUT2D eigenvalue weighted by Gasteiger charge is 2.43. The first-order chi connectivity index (χ1) is 14.0. The summed E-state index contributed by atoms with van der Waals surface area (Å²) in [7, 11) is -2.58. The van der Waals surface area contributed by atoms with Gasteiger partial charge in [0.15, 0.2) is 0 Å². The molecule has 2 aromatic rings. The van der Waals surface area contributed by atoms with Crippen molar-refractivity contribution in [1.82, 2.24) is 9.88 Å². The quantitative estimate of drug-likeness (QED) is 0.535. The number of benzene rings is 1. The molecule has 170 valence electrons. The molecule has 1 atom stereocenters. The second kappa shape index (κ2) is 8.36. The van der Waals surface area contributed by atoms with Crippen LogP contribution in [0.15, 0.2) is 30.5 Å². The van der Waals surface area contributed by atoms with Crippen molar-refractivity contribution in [3.05, 3.63) is 36.0 Å². The number of aromatic nitrogens is 1. The van der Waals surface area contributed by atoms with Gasteiger partial charge in [0, 0.05) is 18.0 Å². The van der Waals surface area contributed by atoms with Crippen LogP contribution in [-0.4, -0.2) is 49.1 Å². The zero-order valence-corrected chi connectivity index (χ0v) is 17.5. The number of nitrogens with one attached hydrogen (secondary N) is 1. The van der Waals surface area contributed by atoms with Crippen molar-refractivity contribution in [1.29, 1.82) is 0 Å². The summed E-state index contributed by atoms with van der Waals surface area (Å²) >= 11 is 0. The van der Waals surface area contributed by atoms with Gasteiger partial charge >= 0.3 is 30.1 Å². The molecule has 0 unspecified atom stereocenters. The Morgan fingerprint density at radius 2 is 1.61 bits per heavy atom. The second-order valence-corrected chi connectivity index (χ2v) is 12.0. The monoisotopic (exact) mass is 468 g/mol. The van der Waals surface area contributed by atoms with Crippen LogP contribution in [0.3, 0.4) is 0 Å². The first kappa shape index (κ1) is 24.4. The predicted molar refractivity (Wildman–Crippen MR) is 99.7 cm³/mol. The molecule has 1 aromatic carbocycles. The maximum absolute atomic E-state index is 12.9. The Hall–Kier alpha value is -2.83. The molecule has 0 spiro atoms. The van der Waals surface area contributed by atoms with E-state index in [4.69, 9.17) is 4.43 Å². The fourth-order valence-corrected chi connectivity index (χ4v) is 3.49. The van der Waals surface area contributed by atoms with Gasteiger partial charge in [0.2, 0.25) is 8.32 Å². The second-order valence-electron chi connectivity index (χ2n) is 7.61. The van der Waals surface area contributed by atoms with Gasteiger partial charge in [-0.15, -0.1) is 0 Å². The van der Waals surface area contributed by atoms with Crippen molar-refractivity contribution < 1.29 is 45.2 Å². The number of alkyl halides is 6. The summed E-state index contributed by atoms with van der Waals surface area (Å²) in [6, 6.07) is 3.54. The molecule has 2 rings (SSSR count). The van der Waals surface area contributed by atoms with Crippen LogP contribution >= 0.6 is 0 Å². The van der Waals surface area contributed by atoms with Gasteiger partial charge in [0.25, 0.3) is 0 Å². The zero-order valence-electron chi connectivity index (χ0n) is 16.5. The predicted octanol–water partition coefficient (Wildman–Crippen LogP) is 3.81. The topological polar surface area (TPSA) is 77.4 Å². The third kappa shape index (κ3) is 6.09.